The predicted molar refractivity (Wildman–Crippen MR) is 117 cm³/mol. The summed E-state index contributed by atoms with van der Waals surface area (Å²) in [6, 6.07) is 21.7. The highest BCUT2D eigenvalue weighted by molar-refractivity contribution is 7.10. The van der Waals surface area contributed by atoms with E-state index in [-0.39, 0.29) is 24.4 Å². The molecular weight excluding hydrogens is 382 g/mol. The van der Waals surface area contributed by atoms with Crippen molar-refractivity contribution in [3.8, 4) is 11.1 Å². The molecule has 0 spiro atoms. The lowest BCUT2D eigenvalue weighted by Gasteiger charge is -2.20. The summed E-state index contributed by atoms with van der Waals surface area (Å²) in [4.78, 5) is 27.0. The Morgan fingerprint density at radius 2 is 1.59 bits per heavy atom. The fraction of sp³-hybridized carbons (Fsp3) is 0.217. The standard InChI is InChI=1S/C23H25N3O2S/c1-26(2)20(21-9-6-14-29-21)15-24-22(27)16-25-23(28)19-12-10-18(11-13-19)17-7-4-3-5-8-17/h3-14,20H,15-16H2,1-2H3,(H,24,27)(H,25,28)/p+1/t20-/m0/s1. The van der Waals surface area contributed by atoms with Crippen LogP contribution in [0.2, 0.25) is 0 Å². The van der Waals surface area contributed by atoms with Gasteiger partial charge in [0.1, 0.15) is 6.04 Å². The number of nitrogens with one attached hydrogen (secondary N) is 3. The lowest BCUT2D eigenvalue weighted by Crippen LogP contribution is -3.06. The lowest BCUT2D eigenvalue weighted by molar-refractivity contribution is -0.890. The number of carbonyl (C=O) groups excluding carboxylic acids is 2. The Hall–Kier alpha value is -2.96. The Kier molecular flexibility index (Phi) is 7.16. The van der Waals surface area contributed by atoms with Gasteiger partial charge in [-0.15, -0.1) is 11.3 Å². The molecule has 3 aromatic rings. The molecule has 0 saturated carbocycles. The molecule has 2 aromatic carbocycles. The second kappa shape index (κ2) is 10.0. The second-order valence-corrected chi connectivity index (χ2v) is 8.05. The molecule has 1 aromatic heterocycles. The summed E-state index contributed by atoms with van der Waals surface area (Å²) in [6.07, 6.45) is 0. The van der Waals surface area contributed by atoms with Gasteiger partial charge in [-0.2, -0.15) is 0 Å². The third-order valence-electron chi connectivity index (χ3n) is 4.75. The molecule has 0 saturated heterocycles. The van der Waals surface area contributed by atoms with Gasteiger partial charge in [0.2, 0.25) is 5.91 Å². The predicted octanol–water partition coefficient (Wildman–Crippen LogP) is 2.15. The van der Waals surface area contributed by atoms with Crippen molar-refractivity contribution in [1.29, 1.82) is 0 Å². The van der Waals surface area contributed by atoms with E-state index in [0.717, 1.165) is 11.1 Å². The van der Waals surface area contributed by atoms with Gasteiger partial charge in [0.05, 0.1) is 32.1 Å². The number of amides is 2. The van der Waals surface area contributed by atoms with Crippen molar-refractivity contribution in [3.63, 3.8) is 0 Å². The van der Waals surface area contributed by atoms with E-state index in [1.54, 1.807) is 23.5 Å². The van der Waals surface area contributed by atoms with Gasteiger partial charge in [0.15, 0.2) is 0 Å². The summed E-state index contributed by atoms with van der Waals surface area (Å²) >= 11 is 1.68. The van der Waals surface area contributed by atoms with Crippen molar-refractivity contribution < 1.29 is 14.5 Å². The summed E-state index contributed by atoms with van der Waals surface area (Å²) in [6.45, 7) is 0.489. The molecule has 3 N–H and O–H groups in total. The van der Waals surface area contributed by atoms with Gasteiger partial charge >= 0.3 is 0 Å². The monoisotopic (exact) mass is 408 g/mol. The molecule has 150 valence electrons. The summed E-state index contributed by atoms with van der Waals surface area (Å²) in [5.74, 6) is -0.449. The quantitative estimate of drug-likeness (QED) is 0.535. The van der Waals surface area contributed by atoms with Crippen LogP contribution in [0.15, 0.2) is 72.1 Å². The van der Waals surface area contributed by atoms with Crippen LogP contribution >= 0.6 is 11.3 Å². The minimum Gasteiger partial charge on any atom is -0.348 e. The Labute approximate surface area is 175 Å². The van der Waals surface area contributed by atoms with Crippen LogP contribution in [0.3, 0.4) is 0 Å². The molecule has 0 aliphatic carbocycles. The van der Waals surface area contributed by atoms with Crippen LogP contribution in [0.5, 0.6) is 0 Å². The maximum absolute atomic E-state index is 12.3. The fourth-order valence-corrected chi connectivity index (χ4v) is 4.02. The number of benzene rings is 2. The van der Waals surface area contributed by atoms with E-state index in [9.17, 15) is 9.59 Å². The SMILES string of the molecule is C[NH+](C)[C@@H](CNC(=O)CNC(=O)c1ccc(-c2ccccc2)cc1)c1cccs1. The molecule has 1 atom stereocenters. The largest absolute Gasteiger partial charge is 0.348 e. The van der Waals surface area contributed by atoms with E-state index in [4.69, 9.17) is 0 Å². The molecule has 2 amide bonds. The Balaban J connectivity index is 1.49. The topological polar surface area (TPSA) is 62.6 Å². The first-order valence-electron chi connectivity index (χ1n) is 9.58. The molecule has 0 bridgehead atoms. The summed E-state index contributed by atoms with van der Waals surface area (Å²) in [7, 11) is 4.13. The Morgan fingerprint density at radius 3 is 2.21 bits per heavy atom. The third-order valence-corrected chi connectivity index (χ3v) is 5.74. The van der Waals surface area contributed by atoms with Crippen molar-refractivity contribution in [2.24, 2.45) is 0 Å². The minimum absolute atomic E-state index is 0.0425. The summed E-state index contributed by atoms with van der Waals surface area (Å²) in [5.41, 5.74) is 2.68. The van der Waals surface area contributed by atoms with Gasteiger partial charge in [0.25, 0.3) is 5.91 Å². The van der Waals surface area contributed by atoms with E-state index in [0.29, 0.717) is 12.1 Å². The first-order chi connectivity index (χ1) is 14.0. The minimum atomic E-state index is -0.257. The number of thiophene rings is 1. The highest BCUT2D eigenvalue weighted by Gasteiger charge is 2.19. The third kappa shape index (κ3) is 5.76. The van der Waals surface area contributed by atoms with Gasteiger partial charge in [-0.1, -0.05) is 48.5 Å². The highest BCUT2D eigenvalue weighted by Crippen LogP contribution is 2.19. The van der Waals surface area contributed by atoms with E-state index in [2.05, 4.69) is 30.8 Å². The van der Waals surface area contributed by atoms with Crippen molar-refractivity contribution in [2.45, 2.75) is 6.04 Å². The van der Waals surface area contributed by atoms with Gasteiger partial charge in [-0.05, 0) is 34.7 Å². The fourth-order valence-electron chi connectivity index (χ4n) is 3.06. The molecule has 1 heterocycles. The molecule has 0 radical (unpaired) electrons. The average Bonchev–Trinajstić information content (AvgIpc) is 3.27. The van der Waals surface area contributed by atoms with Crippen LogP contribution in [-0.4, -0.2) is 39.0 Å². The van der Waals surface area contributed by atoms with Crippen LogP contribution in [-0.2, 0) is 4.79 Å². The van der Waals surface area contributed by atoms with Gasteiger partial charge in [-0.3, -0.25) is 9.59 Å². The van der Waals surface area contributed by atoms with Crippen LogP contribution in [0, 0.1) is 0 Å². The van der Waals surface area contributed by atoms with Crippen LogP contribution in [0.4, 0.5) is 0 Å². The first kappa shape index (κ1) is 20.8. The van der Waals surface area contributed by atoms with Crippen molar-refractivity contribution in [3.05, 3.63) is 82.6 Å². The average molecular weight is 409 g/mol. The summed E-state index contributed by atoms with van der Waals surface area (Å²) in [5, 5.41) is 7.65. The maximum Gasteiger partial charge on any atom is 0.251 e. The molecule has 0 aliphatic heterocycles. The first-order valence-corrected chi connectivity index (χ1v) is 10.5. The maximum atomic E-state index is 12.3. The molecule has 3 rings (SSSR count). The van der Waals surface area contributed by atoms with Crippen molar-refractivity contribution >= 4 is 23.2 Å². The Bertz CT molecular complexity index is 923. The zero-order chi connectivity index (χ0) is 20.6. The van der Waals surface area contributed by atoms with Gasteiger partial charge < -0.3 is 15.5 Å². The molecule has 5 nitrogen and oxygen atoms in total. The van der Waals surface area contributed by atoms with Gasteiger partial charge in [-0.25, -0.2) is 0 Å². The number of hydrogen-bond acceptors (Lipinski definition) is 3. The van der Waals surface area contributed by atoms with Crippen molar-refractivity contribution in [2.75, 3.05) is 27.2 Å². The van der Waals surface area contributed by atoms with Crippen molar-refractivity contribution in [1.82, 2.24) is 10.6 Å². The zero-order valence-electron chi connectivity index (χ0n) is 16.6. The second-order valence-electron chi connectivity index (χ2n) is 7.08. The number of carbonyl (C=O) groups is 2. The number of quaternary nitrogens is 1. The van der Waals surface area contributed by atoms with Crippen LogP contribution < -0.4 is 15.5 Å². The molecule has 0 aliphatic rings. The lowest BCUT2D eigenvalue weighted by atomic mass is 10.0. The summed E-state index contributed by atoms with van der Waals surface area (Å²) < 4.78 is 0. The molecule has 0 fully saturated rings. The normalized spacial score (nSPS) is 11.8. The number of likely N-dealkylation sites (N-methyl/N-ethyl adjacent to an activating group) is 1. The Morgan fingerprint density at radius 1 is 0.897 bits per heavy atom. The molecular formula is C23H26N3O2S+. The number of hydrogen-bond donors (Lipinski definition) is 3. The molecule has 0 unspecified atom stereocenters. The number of rotatable bonds is 8. The highest BCUT2D eigenvalue weighted by atomic mass is 32.1. The zero-order valence-corrected chi connectivity index (χ0v) is 17.5. The molecule has 29 heavy (non-hydrogen) atoms. The van der Waals surface area contributed by atoms with Crippen LogP contribution in [0.1, 0.15) is 21.3 Å². The van der Waals surface area contributed by atoms with Crippen LogP contribution in [0.25, 0.3) is 11.1 Å². The van der Waals surface area contributed by atoms with E-state index in [1.165, 1.54) is 9.78 Å². The van der Waals surface area contributed by atoms with E-state index >= 15 is 0 Å². The van der Waals surface area contributed by atoms with E-state index < -0.39 is 0 Å². The van der Waals surface area contributed by atoms with E-state index in [1.807, 2.05) is 53.9 Å². The molecule has 6 heteroatoms. The van der Waals surface area contributed by atoms with Gasteiger partial charge in [0, 0.05) is 5.56 Å². The smallest absolute Gasteiger partial charge is 0.251 e.